The van der Waals surface area contributed by atoms with Crippen molar-refractivity contribution < 1.29 is 13.2 Å². The lowest BCUT2D eigenvalue weighted by atomic mass is 10.3. The summed E-state index contributed by atoms with van der Waals surface area (Å²) >= 11 is 3.24. The van der Waals surface area contributed by atoms with Crippen molar-refractivity contribution in [2.24, 2.45) is 0 Å². The second-order valence-corrected chi connectivity index (χ2v) is 5.95. The van der Waals surface area contributed by atoms with Gasteiger partial charge in [0.1, 0.15) is 10.6 Å². The van der Waals surface area contributed by atoms with Crippen LogP contribution in [0.15, 0.2) is 27.6 Å². The Morgan fingerprint density at radius 3 is 2.56 bits per heavy atom. The monoisotopic (exact) mass is 358 g/mol. The third-order valence-corrected chi connectivity index (χ3v) is 4.06. The van der Waals surface area contributed by atoms with E-state index in [4.69, 9.17) is 4.74 Å². The summed E-state index contributed by atoms with van der Waals surface area (Å²) < 4.78 is 32.2. The minimum Gasteiger partial charge on any atom is -0.495 e. The zero-order valence-electron chi connectivity index (χ0n) is 10.1. The minimum absolute atomic E-state index is 0. The fourth-order valence-electron chi connectivity index (χ4n) is 1.25. The number of likely N-dealkylation sites (N-methyl/N-ethyl adjacent to an activating group) is 1. The van der Waals surface area contributed by atoms with Crippen LogP contribution in [0.3, 0.4) is 0 Å². The molecule has 8 heteroatoms. The molecule has 18 heavy (non-hydrogen) atoms. The SMILES string of the molecule is CNCCNS(=O)(=O)c1cc(Br)ccc1OC.Cl. The molecule has 0 atom stereocenters. The molecule has 0 amide bonds. The summed E-state index contributed by atoms with van der Waals surface area (Å²) in [6.07, 6.45) is 0. The molecule has 1 aromatic rings. The molecule has 0 aromatic heterocycles. The molecule has 2 N–H and O–H groups in total. The van der Waals surface area contributed by atoms with E-state index in [0.717, 1.165) is 0 Å². The highest BCUT2D eigenvalue weighted by molar-refractivity contribution is 9.10. The molecule has 0 radical (unpaired) electrons. The summed E-state index contributed by atoms with van der Waals surface area (Å²) in [7, 11) is -0.345. The van der Waals surface area contributed by atoms with E-state index >= 15 is 0 Å². The molecule has 0 heterocycles. The van der Waals surface area contributed by atoms with Crippen molar-refractivity contribution in [3.63, 3.8) is 0 Å². The van der Waals surface area contributed by atoms with Crippen molar-refractivity contribution in [1.82, 2.24) is 10.0 Å². The number of ether oxygens (including phenoxy) is 1. The number of hydrogen-bond acceptors (Lipinski definition) is 4. The highest BCUT2D eigenvalue weighted by Gasteiger charge is 2.19. The largest absolute Gasteiger partial charge is 0.495 e. The average molecular weight is 360 g/mol. The first-order valence-electron chi connectivity index (χ1n) is 4.99. The fourth-order valence-corrected chi connectivity index (χ4v) is 2.99. The number of benzene rings is 1. The highest BCUT2D eigenvalue weighted by atomic mass is 79.9. The van der Waals surface area contributed by atoms with Gasteiger partial charge in [-0.1, -0.05) is 15.9 Å². The van der Waals surface area contributed by atoms with Crippen LogP contribution in [0.25, 0.3) is 0 Å². The predicted molar refractivity (Wildman–Crippen MR) is 77.1 cm³/mol. The van der Waals surface area contributed by atoms with Gasteiger partial charge < -0.3 is 10.1 Å². The smallest absolute Gasteiger partial charge is 0.244 e. The maximum absolute atomic E-state index is 12.0. The van der Waals surface area contributed by atoms with Gasteiger partial charge in [0.25, 0.3) is 0 Å². The van der Waals surface area contributed by atoms with Crippen LogP contribution < -0.4 is 14.8 Å². The van der Waals surface area contributed by atoms with Crippen LogP contribution in [0.5, 0.6) is 5.75 Å². The Bertz CT molecular complexity index is 482. The molecule has 0 unspecified atom stereocenters. The lowest BCUT2D eigenvalue weighted by Crippen LogP contribution is -2.30. The van der Waals surface area contributed by atoms with Gasteiger partial charge >= 0.3 is 0 Å². The summed E-state index contributed by atoms with van der Waals surface area (Å²) in [6.45, 7) is 0.893. The Hall–Kier alpha value is -0.340. The van der Waals surface area contributed by atoms with Crippen LogP contribution in [-0.4, -0.2) is 35.7 Å². The molecular weight excluding hydrogens is 344 g/mol. The molecular formula is C10H16BrClN2O3S. The van der Waals surface area contributed by atoms with Gasteiger partial charge in [0.15, 0.2) is 0 Å². The van der Waals surface area contributed by atoms with Gasteiger partial charge in [-0.15, -0.1) is 12.4 Å². The number of hydrogen-bond donors (Lipinski definition) is 2. The molecule has 1 aromatic carbocycles. The van der Waals surface area contributed by atoms with Crippen LogP contribution >= 0.6 is 28.3 Å². The lowest BCUT2D eigenvalue weighted by molar-refractivity contribution is 0.402. The molecule has 0 saturated carbocycles. The molecule has 0 spiro atoms. The normalized spacial score (nSPS) is 10.8. The fraction of sp³-hybridized carbons (Fsp3) is 0.400. The van der Waals surface area contributed by atoms with Crippen molar-refractivity contribution in [1.29, 1.82) is 0 Å². The second-order valence-electron chi connectivity index (χ2n) is 3.30. The molecule has 0 bridgehead atoms. The quantitative estimate of drug-likeness (QED) is 0.753. The highest BCUT2D eigenvalue weighted by Crippen LogP contribution is 2.26. The van der Waals surface area contributed by atoms with Crippen molar-refractivity contribution in [3.05, 3.63) is 22.7 Å². The Kier molecular flexibility index (Phi) is 7.81. The van der Waals surface area contributed by atoms with Gasteiger partial charge in [-0.3, -0.25) is 0 Å². The summed E-state index contributed by atoms with van der Waals surface area (Å²) in [6, 6.07) is 4.85. The Morgan fingerprint density at radius 2 is 2.00 bits per heavy atom. The van der Waals surface area contributed by atoms with Gasteiger partial charge in [-0.05, 0) is 25.2 Å². The third kappa shape index (κ3) is 4.74. The summed E-state index contributed by atoms with van der Waals surface area (Å²) in [5.41, 5.74) is 0. The molecule has 104 valence electrons. The van der Waals surface area contributed by atoms with Crippen LogP contribution in [-0.2, 0) is 10.0 Å². The van der Waals surface area contributed by atoms with Gasteiger partial charge in [0, 0.05) is 17.6 Å². The first-order chi connectivity index (χ1) is 8.01. The first-order valence-corrected chi connectivity index (χ1v) is 7.26. The van der Waals surface area contributed by atoms with Gasteiger partial charge in [0.05, 0.1) is 7.11 Å². The van der Waals surface area contributed by atoms with E-state index in [0.29, 0.717) is 23.3 Å². The van der Waals surface area contributed by atoms with E-state index in [1.165, 1.54) is 13.2 Å². The van der Waals surface area contributed by atoms with Gasteiger partial charge in [-0.2, -0.15) is 0 Å². The van der Waals surface area contributed by atoms with Gasteiger partial charge in [-0.25, -0.2) is 13.1 Å². The Balaban J connectivity index is 0.00000289. The van der Waals surface area contributed by atoms with Crippen LogP contribution in [0.2, 0.25) is 0 Å². The van der Waals surface area contributed by atoms with Crippen molar-refractivity contribution in [3.8, 4) is 5.75 Å². The first kappa shape index (κ1) is 17.7. The number of sulfonamides is 1. The van der Waals surface area contributed by atoms with E-state index in [1.807, 2.05) is 0 Å². The molecule has 0 saturated heterocycles. The number of methoxy groups -OCH3 is 1. The van der Waals surface area contributed by atoms with E-state index in [1.54, 1.807) is 19.2 Å². The van der Waals surface area contributed by atoms with Gasteiger partial charge in [0.2, 0.25) is 10.0 Å². The van der Waals surface area contributed by atoms with E-state index in [9.17, 15) is 8.42 Å². The molecule has 0 aliphatic heterocycles. The Labute approximate surface area is 122 Å². The summed E-state index contributed by atoms with van der Waals surface area (Å²) in [4.78, 5) is 0.130. The zero-order chi connectivity index (χ0) is 12.9. The third-order valence-electron chi connectivity index (χ3n) is 2.08. The number of rotatable bonds is 6. The summed E-state index contributed by atoms with van der Waals surface area (Å²) in [5.74, 6) is 0.324. The van der Waals surface area contributed by atoms with Crippen LogP contribution in [0.4, 0.5) is 0 Å². The number of nitrogens with one attached hydrogen (secondary N) is 2. The lowest BCUT2D eigenvalue weighted by Gasteiger charge is -2.10. The second kappa shape index (κ2) is 7.96. The number of halogens is 2. The molecule has 0 aliphatic carbocycles. The maximum atomic E-state index is 12.0. The minimum atomic E-state index is -3.54. The van der Waals surface area contributed by atoms with Crippen LogP contribution in [0, 0.1) is 0 Å². The Morgan fingerprint density at radius 1 is 1.33 bits per heavy atom. The topological polar surface area (TPSA) is 67.4 Å². The predicted octanol–water partition coefficient (Wildman–Crippen LogP) is 1.38. The van der Waals surface area contributed by atoms with Crippen molar-refractivity contribution >= 4 is 38.4 Å². The summed E-state index contributed by atoms with van der Waals surface area (Å²) in [5, 5.41) is 2.86. The van der Waals surface area contributed by atoms with E-state index in [2.05, 4.69) is 26.0 Å². The molecule has 0 fully saturated rings. The van der Waals surface area contributed by atoms with Crippen LogP contribution in [0.1, 0.15) is 0 Å². The average Bonchev–Trinajstić information content (AvgIpc) is 2.29. The maximum Gasteiger partial charge on any atom is 0.244 e. The standard InChI is InChI=1S/C10H15BrN2O3S.ClH/c1-12-5-6-13-17(14,15)10-7-8(11)3-4-9(10)16-2;/h3-4,7,12-13H,5-6H2,1-2H3;1H. The van der Waals surface area contributed by atoms with E-state index < -0.39 is 10.0 Å². The molecule has 0 aliphatic rings. The molecule has 1 rings (SSSR count). The van der Waals surface area contributed by atoms with Crippen molar-refractivity contribution in [2.45, 2.75) is 4.90 Å². The van der Waals surface area contributed by atoms with Crippen molar-refractivity contribution in [2.75, 3.05) is 27.2 Å². The van der Waals surface area contributed by atoms with E-state index in [-0.39, 0.29) is 17.3 Å². The molecule has 5 nitrogen and oxygen atoms in total. The zero-order valence-corrected chi connectivity index (χ0v) is 13.3.